The van der Waals surface area contributed by atoms with E-state index < -0.39 is 6.04 Å². The van der Waals surface area contributed by atoms with Crippen molar-refractivity contribution in [1.29, 1.82) is 0 Å². The molecular weight excluding hydrogens is 517 g/mol. The Morgan fingerprint density at radius 3 is 2.67 bits per heavy atom. The predicted molar refractivity (Wildman–Crippen MR) is 152 cm³/mol. The van der Waals surface area contributed by atoms with E-state index in [9.17, 15) is 9.18 Å². The van der Waals surface area contributed by atoms with E-state index in [0.29, 0.717) is 35.4 Å². The van der Waals surface area contributed by atoms with E-state index in [4.69, 9.17) is 14.5 Å². The molecule has 1 unspecified atom stereocenters. The number of carbonyl (C=O) groups excluding carboxylic acids is 1. The maximum Gasteiger partial charge on any atom is 0.242 e. The van der Waals surface area contributed by atoms with Crippen molar-refractivity contribution in [3.63, 3.8) is 0 Å². The molecule has 2 heterocycles. The summed E-state index contributed by atoms with van der Waals surface area (Å²) in [6.45, 7) is 7.25. The number of aryl methyl sites for hydroxylation is 1. The molecule has 1 saturated heterocycles. The number of aromatic nitrogens is 2. The Morgan fingerprint density at radius 1 is 1.18 bits per heavy atom. The van der Waals surface area contributed by atoms with Crippen molar-refractivity contribution in [3.05, 3.63) is 59.9 Å². The number of ether oxygens (including phenoxy) is 2. The Labute approximate surface area is 233 Å². The molecule has 4 rings (SSSR count). The van der Waals surface area contributed by atoms with Gasteiger partial charge in [0.15, 0.2) is 0 Å². The minimum atomic E-state index is -0.531. The highest BCUT2D eigenvalue weighted by Crippen LogP contribution is 2.31. The number of carbonyl (C=O) groups is 1. The van der Waals surface area contributed by atoms with Crippen LogP contribution in [-0.2, 0) is 9.53 Å². The molecule has 3 aromatic rings. The predicted octanol–water partition coefficient (Wildman–Crippen LogP) is 5.95. The van der Waals surface area contributed by atoms with Gasteiger partial charge >= 0.3 is 0 Å². The second-order valence-electron chi connectivity index (χ2n) is 9.98. The number of rotatable bonds is 12. The summed E-state index contributed by atoms with van der Waals surface area (Å²) in [6, 6.07) is 13.5. The molecule has 10 heteroatoms. The van der Waals surface area contributed by atoms with E-state index in [2.05, 4.69) is 34.8 Å². The second kappa shape index (κ2) is 13.6. The summed E-state index contributed by atoms with van der Waals surface area (Å²) < 4.78 is 24.9. The Bertz CT molecular complexity index is 1250. The zero-order valence-corrected chi connectivity index (χ0v) is 23.6. The second-order valence-corrected chi connectivity index (χ2v) is 11.1. The summed E-state index contributed by atoms with van der Waals surface area (Å²) in [4.78, 5) is 23.5. The van der Waals surface area contributed by atoms with Gasteiger partial charge < -0.3 is 25.4 Å². The first-order valence-electron chi connectivity index (χ1n) is 13.2. The lowest BCUT2D eigenvalue weighted by Gasteiger charge is -2.22. The van der Waals surface area contributed by atoms with Crippen molar-refractivity contribution in [2.24, 2.45) is 5.92 Å². The molecule has 2 atom stereocenters. The van der Waals surface area contributed by atoms with Gasteiger partial charge in [0, 0.05) is 29.8 Å². The first-order chi connectivity index (χ1) is 18.8. The number of anilines is 3. The first kappa shape index (κ1) is 28.6. The monoisotopic (exact) mass is 553 g/mol. The maximum atomic E-state index is 14.0. The number of nitrogens with zero attached hydrogens (tertiary/aromatic N) is 2. The average Bonchev–Trinajstić information content (AvgIpc) is 3.43. The van der Waals surface area contributed by atoms with Gasteiger partial charge in [-0.2, -0.15) is 4.98 Å². The molecule has 39 heavy (non-hydrogen) atoms. The first-order valence-corrected chi connectivity index (χ1v) is 14.0. The van der Waals surface area contributed by atoms with Gasteiger partial charge in [-0.15, -0.1) is 0 Å². The molecule has 1 amide bonds. The molecule has 1 aliphatic rings. The van der Waals surface area contributed by atoms with E-state index in [1.807, 2.05) is 31.2 Å². The molecule has 0 bridgehead atoms. The highest BCUT2D eigenvalue weighted by atomic mass is 32.2. The van der Waals surface area contributed by atoms with Crippen LogP contribution in [0, 0.1) is 18.7 Å². The van der Waals surface area contributed by atoms with Crippen LogP contribution in [0.1, 0.15) is 38.7 Å². The number of methoxy groups -OCH3 is 1. The average molecular weight is 554 g/mol. The van der Waals surface area contributed by atoms with Crippen molar-refractivity contribution >= 4 is 35.1 Å². The standard InChI is InChI=1S/C29H36FN5O3S/c1-18(2)14-25(28(36)31-17-22-6-5-13-38-22)33-29-34-26(32-24-15-20(30)8-7-19(24)3)16-27(35-29)39-23-11-9-21(37-4)10-12-23/h7-12,15-16,18,22,25H,5-6,13-14,17H2,1-4H3,(H,31,36)(H2,32,33,34,35)/t22?,25-/m0/s1. The SMILES string of the molecule is COc1ccc(Sc2cc(Nc3cc(F)ccc3C)nc(N[C@@H](CC(C)C)C(=O)NCC3CCCO3)n2)cc1. The van der Waals surface area contributed by atoms with Crippen molar-refractivity contribution < 1.29 is 18.7 Å². The number of benzene rings is 2. The normalized spacial score (nSPS) is 15.7. The molecule has 0 saturated carbocycles. The maximum absolute atomic E-state index is 14.0. The van der Waals surface area contributed by atoms with Gasteiger partial charge in [-0.3, -0.25) is 4.79 Å². The number of nitrogens with one attached hydrogen (secondary N) is 3. The van der Waals surface area contributed by atoms with Crippen LogP contribution in [0.5, 0.6) is 5.75 Å². The van der Waals surface area contributed by atoms with E-state index in [-0.39, 0.29) is 23.7 Å². The number of hydrogen-bond donors (Lipinski definition) is 3. The summed E-state index contributed by atoms with van der Waals surface area (Å²) in [7, 11) is 1.63. The fraction of sp³-hybridized carbons (Fsp3) is 0.414. The smallest absolute Gasteiger partial charge is 0.242 e. The van der Waals surface area contributed by atoms with Crippen LogP contribution < -0.4 is 20.7 Å². The van der Waals surface area contributed by atoms with Crippen LogP contribution in [-0.4, -0.2) is 48.3 Å². The summed E-state index contributed by atoms with van der Waals surface area (Å²) in [5, 5.41) is 10.2. The zero-order chi connectivity index (χ0) is 27.8. The number of halogens is 1. The van der Waals surface area contributed by atoms with Crippen molar-refractivity contribution in [3.8, 4) is 5.75 Å². The van der Waals surface area contributed by atoms with Gasteiger partial charge in [-0.1, -0.05) is 31.7 Å². The minimum Gasteiger partial charge on any atom is -0.497 e. The molecule has 1 aliphatic heterocycles. The highest BCUT2D eigenvalue weighted by molar-refractivity contribution is 7.99. The third-order valence-corrected chi connectivity index (χ3v) is 7.23. The third kappa shape index (κ3) is 8.56. The van der Waals surface area contributed by atoms with Crippen LogP contribution in [0.4, 0.5) is 21.8 Å². The largest absolute Gasteiger partial charge is 0.497 e. The lowest BCUT2D eigenvalue weighted by Crippen LogP contribution is -2.43. The summed E-state index contributed by atoms with van der Waals surface area (Å²) >= 11 is 1.45. The summed E-state index contributed by atoms with van der Waals surface area (Å²) in [6.07, 6.45) is 2.62. The fourth-order valence-corrected chi connectivity index (χ4v) is 5.06. The van der Waals surface area contributed by atoms with E-state index in [1.165, 1.54) is 23.9 Å². The lowest BCUT2D eigenvalue weighted by molar-refractivity contribution is -0.122. The number of hydrogen-bond acceptors (Lipinski definition) is 8. The van der Waals surface area contributed by atoms with Gasteiger partial charge in [-0.05, 0) is 74.1 Å². The molecule has 0 spiro atoms. The van der Waals surface area contributed by atoms with Crippen molar-refractivity contribution in [2.75, 3.05) is 30.9 Å². The highest BCUT2D eigenvalue weighted by Gasteiger charge is 2.24. The van der Waals surface area contributed by atoms with Crippen molar-refractivity contribution in [1.82, 2.24) is 15.3 Å². The molecule has 208 valence electrons. The van der Waals surface area contributed by atoms with Crippen molar-refractivity contribution in [2.45, 2.75) is 62.1 Å². The molecular formula is C29H36FN5O3S. The fourth-order valence-electron chi connectivity index (χ4n) is 4.24. The Hall–Kier alpha value is -3.37. The van der Waals surface area contributed by atoms with Crippen LogP contribution in [0.3, 0.4) is 0 Å². The van der Waals surface area contributed by atoms with Gasteiger partial charge in [-0.25, -0.2) is 9.37 Å². The van der Waals surface area contributed by atoms with Gasteiger partial charge in [0.25, 0.3) is 0 Å². The molecule has 0 aliphatic carbocycles. The van der Waals surface area contributed by atoms with E-state index in [0.717, 1.165) is 35.7 Å². The van der Waals surface area contributed by atoms with Crippen LogP contribution in [0.2, 0.25) is 0 Å². The third-order valence-electron chi connectivity index (χ3n) is 6.30. The minimum absolute atomic E-state index is 0.0550. The molecule has 1 aromatic heterocycles. The molecule has 1 fully saturated rings. The Kier molecular flexibility index (Phi) is 10.00. The molecule has 2 aromatic carbocycles. The molecule has 0 radical (unpaired) electrons. The summed E-state index contributed by atoms with van der Waals surface area (Å²) in [5.74, 6) is 1.36. The van der Waals surface area contributed by atoms with E-state index >= 15 is 0 Å². The van der Waals surface area contributed by atoms with Gasteiger partial charge in [0.05, 0.1) is 13.2 Å². The Morgan fingerprint density at radius 2 is 1.97 bits per heavy atom. The van der Waals surface area contributed by atoms with Gasteiger partial charge in [0.2, 0.25) is 11.9 Å². The molecule has 3 N–H and O–H groups in total. The van der Waals surface area contributed by atoms with Crippen LogP contribution in [0.15, 0.2) is 58.5 Å². The summed E-state index contributed by atoms with van der Waals surface area (Å²) in [5.41, 5.74) is 1.48. The zero-order valence-electron chi connectivity index (χ0n) is 22.8. The number of amides is 1. The van der Waals surface area contributed by atoms with Crippen LogP contribution in [0.25, 0.3) is 0 Å². The molecule has 8 nitrogen and oxygen atoms in total. The quantitative estimate of drug-likeness (QED) is 0.237. The Balaban J connectivity index is 1.59. The topological polar surface area (TPSA) is 97.4 Å². The van der Waals surface area contributed by atoms with Gasteiger partial charge in [0.1, 0.15) is 28.5 Å². The van der Waals surface area contributed by atoms with Crippen LogP contribution >= 0.6 is 11.8 Å². The van der Waals surface area contributed by atoms with E-state index in [1.54, 1.807) is 19.2 Å². The lowest BCUT2D eigenvalue weighted by atomic mass is 10.0.